The molecule has 0 heterocycles. The zero-order valence-corrected chi connectivity index (χ0v) is 18.6. The number of amides is 2. The highest BCUT2D eigenvalue weighted by molar-refractivity contribution is 9.10. The van der Waals surface area contributed by atoms with Crippen LogP contribution in [0.15, 0.2) is 51.4 Å². The molecule has 0 saturated carbocycles. The van der Waals surface area contributed by atoms with E-state index >= 15 is 0 Å². The van der Waals surface area contributed by atoms with Gasteiger partial charge < -0.3 is 15.0 Å². The topological polar surface area (TPSA) is 58.6 Å². The van der Waals surface area contributed by atoms with Gasteiger partial charge in [-0.2, -0.15) is 0 Å². The summed E-state index contributed by atoms with van der Waals surface area (Å²) in [5.74, 6) is 0.134. The van der Waals surface area contributed by atoms with E-state index in [1.54, 1.807) is 20.0 Å². The van der Waals surface area contributed by atoms with Crippen molar-refractivity contribution in [2.75, 3.05) is 13.7 Å². The van der Waals surface area contributed by atoms with Crippen LogP contribution in [0.25, 0.3) is 0 Å². The summed E-state index contributed by atoms with van der Waals surface area (Å²) in [6.07, 6.45) is 0. The van der Waals surface area contributed by atoms with E-state index < -0.39 is 6.04 Å². The molecule has 7 heteroatoms. The molecule has 5 nitrogen and oxygen atoms in total. The molecule has 2 aromatic rings. The Morgan fingerprint density at radius 1 is 1.15 bits per heavy atom. The molecule has 0 aliphatic carbocycles. The standard InChI is InChI=1S/C20H22Br2N2O3/c1-13-10-17(8-9-18(13)22)27-12-19(25)24(14(2)20(26)23-3)11-15-4-6-16(21)7-5-15/h4-10,14H,11-12H2,1-3H3,(H,23,26). The van der Waals surface area contributed by atoms with E-state index in [-0.39, 0.29) is 18.4 Å². The lowest BCUT2D eigenvalue weighted by Gasteiger charge is -2.28. The van der Waals surface area contributed by atoms with Gasteiger partial charge in [0.1, 0.15) is 11.8 Å². The van der Waals surface area contributed by atoms with E-state index in [2.05, 4.69) is 37.2 Å². The number of ether oxygens (including phenoxy) is 1. The van der Waals surface area contributed by atoms with Gasteiger partial charge >= 0.3 is 0 Å². The average Bonchev–Trinajstić information content (AvgIpc) is 2.67. The molecule has 27 heavy (non-hydrogen) atoms. The first-order chi connectivity index (χ1) is 12.8. The van der Waals surface area contributed by atoms with Crippen molar-refractivity contribution in [3.63, 3.8) is 0 Å². The Morgan fingerprint density at radius 3 is 2.41 bits per heavy atom. The number of aryl methyl sites for hydroxylation is 1. The van der Waals surface area contributed by atoms with Crippen LogP contribution in [0.1, 0.15) is 18.1 Å². The van der Waals surface area contributed by atoms with E-state index in [0.29, 0.717) is 12.3 Å². The minimum absolute atomic E-state index is 0.140. The van der Waals surface area contributed by atoms with E-state index in [9.17, 15) is 9.59 Å². The summed E-state index contributed by atoms with van der Waals surface area (Å²) in [7, 11) is 1.56. The number of halogens is 2. The number of nitrogens with one attached hydrogen (secondary N) is 1. The summed E-state index contributed by atoms with van der Waals surface area (Å²) in [4.78, 5) is 26.4. The quantitative estimate of drug-likeness (QED) is 0.627. The van der Waals surface area contributed by atoms with Gasteiger partial charge in [0, 0.05) is 22.5 Å². The molecule has 0 aromatic heterocycles. The molecule has 1 unspecified atom stereocenters. The summed E-state index contributed by atoms with van der Waals surface area (Å²) in [5, 5.41) is 2.60. The van der Waals surface area contributed by atoms with Gasteiger partial charge in [0.25, 0.3) is 5.91 Å². The summed E-state index contributed by atoms with van der Waals surface area (Å²) < 4.78 is 7.59. The van der Waals surface area contributed by atoms with Gasteiger partial charge in [-0.3, -0.25) is 9.59 Å². The fourth-order valence-corrected chi connectivity index (χ4v) is 3.02. The largest absolute Gasteiger partial charge is 0.484 e. The van der Waals surface area contributed by atoms with E-state index in [4.69, 9.17) is 4.74 Å². The van der Waals surface area contributed by atoms with Crippen molar-refractivity contribution in [1.82, 2.24) is 10.2 Å². The van der Waals surface area contributed by atoms with Crippen molar-refractivity contribution in [3.05, 3.63) is 62.5 Å². The summed E-state index contributed by atoms with van der Waals surface area (Å²) in [5.41, 5.74) is 1.95. The van der Waals surface area contributed by atoms with Crippen LogP contribution in [0.4, 0.5) is 0 Å². The summed E-state index contributed by atoms with van der Waals surface area (Å²) in [6, 6.07) is 12.6. The van der Waals surface area contributed by atoms with Crippen molar-refractivity contribution >= 4 is 43.7 Å². The number of hydrogen-bond acceptors (Lipinski definition) is 3. The minimum atomic E-state index is -0.610. The van der Waals surface area contributed by atoms with Gasteiger partial charge in [-0.1, -0.05) is 44.0 Å². The van der Waals surface area contributed by atoms with Gasteiger partial charge in [0.05, 0.1) is 0 Å². The maximum atomic E-state index is 12.8. The van der Waals surface area contributed by atoms with Crippen LogP contribution in [0.3, 0.4) is 0 Å². The molecule has 0 spiro atoms. The maximum absolute atomic E-state index is 12.8. The first-order valence-electron chi connectivity index (χ1n) is 8.46. The number of carbonyl (C=O) groups is 2. The third kappa shape index (κ3) is 6.07. The molecule has 2 aromatic carbocycles. The molecular weight excluding hydrogens is 476 g/mol. The van der Waals surface area contributed by atoms with E-state index in [1.165, 1.54) is 4.90 Å². The Hall–Kier alpha value is -1.86. The highest BCUT2D eigenvalue weighted by atomic mass is 79.9. The van der Waals surface area contributed by atoms with Crippen molar-refractivity contribution in [2.45, 2.75) is 26.4 Å². The van der Waals surface area contributed by atoms with Gasteiger partial charge in [0.2, 0.25) is 5.91 Å². The Balaban J connectivity index is 2.12. The Morgan fingerprint density at radius 2 is 1.81 bits per heavy atom. The number of nitrogens with zero attached hydrogens (tertiary/aromatic N) is 1. The third-order valence-electron chi connectivity index (χ3n) is 4.17. The SMILES string of the molecule is CNC(=O)C(C)N(Cc1ccc(Br)cc1)C(=O)COc1ccc(Br)c(C)c1. The van der Waals surface area contributed by atoms with Crippen LogP contribution >= 0.6 is 31.9 Å². The predicted molar refractivity (Wildman–Crippen MR) is 113 cm³/mol. The molecule has 0 saturated heterocycles. The number of hydrogen-bond donors (Lipinski definition) is 1. The zero-order chi connectivity index (χ0) is 20.0. The molecule has 0 aliphatic rings. The average molecular weight is 498 g/mol. The van der Waals surface area contributed by atoms with Crippen molar-refractivity contribution in [3.8, 4) is 5.75 Å². The lowest BCUT2D eigenvalue weighted by atomic mass is 10.1. The molecular formula is C20H22Br2N2O3. The molecule has 144 valence electrons. The molecule has 0 fully saturated rings. The van der Waals surface area contributed by atoms with Crippen molar-refractivity contribution in [1.29, 1.82) is 0 Å². The molecule has 1 N–H and O–H groups in total. The highest BCUT2D eigenvalue weighted by Gasteiger charge is 2.25. The Kier molecular flexibility index (Phi) is 7.86. The first-order valence-corrected chi connectivity index (χ1v) is 10.0. The molecule has 2 amide bonds. The highest BCUT2D eigenvalue weighted by Crippen LogP contribution is 2.22. The second-order valence-corrected chi connectivity index (χ2v) is 7.91. The normalized spacial score (nSPS) is 11.6. The van der Waals surface area contributed by atoms with Crippen LogP contribution in [-0.2, 0) is 16.1 Å². The lowest BCUT2D eigenvalue weighted by molar-refractivity contribution is -0.142. The smallest absolute Gasteiger partial charge is 0.261 e. The van der Waals surface area contributed by atoms with Crippen LogP contribution in [-0.4, -0.2) is 36.4 Å². The number of carbonyl (C=O) groups excluding carboxylic acids is 2. The Labute approximate surface area is 176 Å². The van der Waals surface area contributed by atoms with E-state index in [1.807, 2.05) is 43.3 Å². The second kappa shape index (κ2) is 9.90. The third-order valence-corrected chi connectivity index (χ3v) is 5.59. The van der Waals surface area contributed by atoms with Crippen molar-refractivity contribution in [2.24, 2.45) is 0 Å². The predicted octanol–water partition coefficient (Wildman–Crippen LogP) is 4.06. The van der Waals surface area contributed by atoms with Crippen LogP contribution < -0.4 is 10.1 Å². The first kappa shape index (κ1) is 21.4. The summed E-state index contributed by atoms with van der Waals surface area (Å²) in [6.45, 7) is 3.84. The molecule has 2 rings (SSSR count). The fraction of sp³-hybridized carbons (Fsp3) is 0.300. The van der Waals surface area contributed by atoms with Gasteiger partial charge in [-0.25, -0.2) is 0 Å². The van der Waals surface area contributed by atoms with Crippen molar-refractivity contribution < 1.29 is 14.3 Å². The number of likely N-dealkylation sites (N-methyl/N-ethyl adjacent to an activating group) is 1. The molecule has 0 radical (unpaired) electrons. The Bertz CT molecular complexity index is 809. The van der Waals surface area contributed by atoms with Crippen LogP contribution in [0.5, 0.6) is 5.75 Å². The minimum Gasteiger partial charge on any atom is -0.484 e. The maximum Gasteiger partial charge on any atom is 0.261 e. The zero-order valence-electron chi connectivity index (χ0n) is 15.5. The van der Waals surface area contributed by atoms with Crippen LogP contribution in [0.2, 0.25) is 0 Å². The van der Waals surface area contributed by atoms with E-state index in [0.717, 1.165) is 20.1 Å². The lowest BCUT2D eigenvalue weighted by Crippen LogP contribution is -2.48. The molecule has 0 aliphatic heterocycles. The summed E-state index contributed by atoms with van der Waals surface area (Å²) >= 11 is 6.84. The van der Waals surface area contributed by atoms with Gasteiger partial charge in [0.15, 0.2) is 6.61 Å². The second-order valence-electron chi connectivity index (χ2n) is 6.14. The monoisotopic (exact) mass is 496 g/mol. The fourth-order valence-electron chi connectivity index (χ4n) is 2.51. The van der Waals surface area contributed by atoms with Gasteiger partial charge in [-0.05, 0) is 55.3 Å². The number of benzene rings is 2. The van der Waals surface area contributed by atoms with Crippen LogP contribution in [0, 0.1) is 6.92 Å². The molecule has 1 atom stereocenters. The number of rotatable bonds is 7. The van der Waals surface area contributed by atoms with Gasteiger partial charge in [-0.15, -0.1) is 0 Å². The molecule has 0 bridgehead atoms.